The van der Waals surface area contributed by atoms with Crippen LogP contribution in [0.15, 0.2) is 40.9 Å². The van der Waals surface area contributed by atoms with E-state index in [-0.39, 0.29) is 5.69 Å². The number of aromatic nitrogens is 1. The lowest BCUT2D eigenvalue weighted by molar-refractivity contribution is 0.0690. The lowest BCUT2D eigenvalue weighted by atomic mass is 10.2. The number of methoxy groups -OCH3 is 1. The summed E-state index contributed by atoms with van der Waals surface area (Å²) < 4.78 is 6.15. The van der Waals surface area contributed by atoms with Crippen LogP contribution in [0.5, 0.6) is 0 Å². The first-order chi connectivity index (χ1) is 10.1. The fraction of sp³-hybridized carbons (Fsp3) is 0.200. The number of benzene rings is 1. The molecule has 0 bridgehead atoms. The Labute approximate surface area is 131 Å². The number of hydrogen-bond acceptors (Lipinski definition) is 4. The van der Waals surface area contributed by atoms with E-state index in [2.05, 4.69) is 26.2 Å². The summed E-state index contributed by atoms with van der Waals surface area (Å²) in [4.78, 5) is 15.0. The maximum absolute atomic E-state index is 10.9. The highest BCUT2D eigenvalue weighted by atomic mass is 79.9. The molecule has 2 N–H and O–H groups in total. The normalized spacial score (nSPS) is 10.4. The number of hydrogen-bond donors (Lipinski definition) is 2. The smallest absolute Gasteiger partial charge is 0.354 e. The Morgan fingerprint density at radius 2 is 2.10 bits per heavy atom. The number of carboxylic acid groups (broad SMARTS) is 1. The zero-order chi connectivity index (χ0) is 15.2. The van der Waals surface area contributed by atoms with E-state index >= 15 is 0 Å². The molecule has 110 valence electrons. The van der Waals surface area contributed by atoms with Crippen molar-refractivity contribution in [3.8, 4) is 0 Å². The molecule has 0 fully saturated rings. The van der Waals surface area contributed by atoms with Crippen molar-refractivity contribution in [2.24, 2.45) is 0 Å². The maximum atomic E-state index is 10.9. The minimum Gasteiger partial charge on any atom is -0.477 e. The second-order valence-electron chi connectivity index (χ2n) is 4.37. The van der Waals surface area contributed by atoms with Crippen LogP contribution in [0, 0.1) is 0 Å². The summed E-state index contributed by atoms with van der Waals surface area (Å²) in [7, 11) is 1.64. The lowest BCUT2D eigenvalue weighted by Gasteiger charge is -2.13. The number of halogens is 1. The lowest BCUT2D eigenvalue weighted by Crippen LogP contribution is -2.08. The van der Waals surface area contributed by atoms with E-state index in [1.54, 1.807) is 19.2 Å². The van der Waals surface area contributed by atoms with Gasteiger partial charge in [0.2, 0.25) is 0 Å². The van der Waals surface area contributed by atoms with Crippen LogP contribution in [-0.4, -0.2) is 23.2 Å². The second-order valence-corrected chi connectivity index (χ2v) is 5.23. The summed E-state index contributed by atoms with van der Waals surface area (Å²) in [5.74, 6) is -1.03. The number of aromatic carboxylic acids is 1. The molecule has 0 amide bonds. The summed E-state index contributed by atoms with van der Waals surface area (Å²) in [5.41, 5.74) is 2.64. The zero-order valence-corrected chi connectivity index (χ0v) is 13.1. The third-order valence-corrected chi connectivity index (χ3v) is 3.64. The highest BCUT2D eigenvalue weighted by molar-refractivity contribution is 9.10. The average Bonchev–Trinajstić information content (AvgIpc) is 2.48. The molecule has 5 nitrogen and oxygen atoms in total. The Kier molecular flexibility index (Phi) is 5.30. The van der Waals surface area contributed by atoms with Crippen molar-refractivity contribution < 1.29 is 14.6 Å². The Morgan fingerprint density at radius 3 is 2.81 bits per heavy atom. The number of rotatable bonds is 6. The van der Waals surface area contributed by atoms with Crippen LogP contribution < -0.4 is 5.32 Å². The number of nitrogens with zero attached hydrogens (tertiary/aromatic N) is 1. The highest BCUT2D eigenvalue weighted by Gasteiger charge is 2.08. The first kappa shape index (κ1) is 15.5. The van der Waals surface area contributed by atoms with Crippen LogP contribution in [0.3, 0.4) is 0 Å². The summed E-state index contributed by atoms with van der Waals surface area (Å²) in [6.07, 6.45) is 0. The van der Waals surface area contributed by atoms with E-state index in [1.807, 2.05) is 18.2 Å². The fourth-order valence-electron chi connectivity index (χ4n) is 1.90. The average molecular weight is 351 g/mol. The molecule has 0 aliphatic rings. The number of anilines is 1. The SMILES string of the molecule is COCc1c(Br)cccc1NCc1cccc(C(=O)O)n1. The quantitative estimate of drug-likeness (QED) is 0.836. The summed E-state index contributed by atoms with van der Waals surface area (Å²) in [6, 6.07) is 10.8. The van der Waals surface area contributed by atoms with Gasteiger partial charge in [0.1, 0.15) is 5.69 Å². The number of pyridine rings is 1. The molecule has 0 radical (unpaired) electrons. The number of nitrogens with one attached hydrogen (secondary N) is 1. The molecule has 0 saturated carbocycles. The Bertz CT molecular complexity index is 647. The van der Waals surface area contributed by atoms with Gasteiger partial charge in [-0.3, -0.25) is 0 Å². The molecule has 1 aromatic heterocycles. The van der Waals surface area contributed by atoms with Gasteiger partial charge >= 0.3 is 5.97 Å². The van der Waals surface area contributed by atoms with Crippen LogP contribution in [0.25, 0.3) is 0 Å². The fourth-order valence-corrected chi connectivity index (χ4v) is 2.38. The van der Waals surface area contributed by atoms with Crippen LogP contribution >= 0.6 is 15.9 Å². The van der Waals surface area contributed by atoms with E-state index in [0.29, 0.717) is 18.8 Å². The predicted octanol–water partition coefficient (Wildman–Crippen LogP) is 3.30. The Balaban J connectivity index is 2.15. The van der Waals surface area contributed by atoms with Crippen molar-refractivity contribution >= 4 is 27.6 Å². The van der Waals surface area contributed by atoms with Gasteiger partial charge in [-0.15, -0.1) is 0 Å². The van der Waals surface area contributed by atoms with Gasteiger partial charge in [0.25, 0.3) is 0 Å². The van der Waals surface area contributed by atoms with Gasteiger partial charge in [0, 0.05) is 22.8 Å². The van der Waals surface area contributed by atoms with E-state index in [4.69, 9.17) is 9.84 Å². The summed E-state index contributed by atoms with van der Waals surface area (Å²) in [6.45, 7) is 0.917. The van der Waals surface area contributed by atoms with Gasteiger partial charge in [-0.05, 0) is 24.3 Å². The zero-order valence-electron chi connectivity index (χ0n) is 11.5. The summed E-state index contributed by atoms with van der Waals surface area (Å²) in [5, 5.41) is 12.2. The molecule has 0 spiro atoms. The van der Waals surface area contributed by atoms with Crippen LogP contribution in [0.2, 0.25) is 0 Å². The van der Waals surface area contributed by atoms with Gasteiger partial charge in [0.05, 0.1) is 18.8 Å². The van der Waals surface area contributed by atoms with Gasteiger partial charge in [-0.2, -0.15) is 0 Å². The number of ether oxygens (including phenoxy) is 1. The van der Waals surface area contributed by atoms with Crippen molar-refractivity contribution in [2.75, 3.05) is 12.4 Å². The Morgan fingerprint density at radius 1 is 1.33 bits per heavy atom. The van der Waals surface area contributed by atoms with E-state index < -0.39 is 5.97 Å². The molecule has 0 saturated heterocycles. The molecule has 2 aromatic rings. The van der Waals surface area contributed by atoms with Crippen LogP contribution in [0.1, 0.15) is 21.7 Å². The molecule has 1 aromatic carbocycles. The van der Waals surface area contributed by atoms with Gasteiger partial charge in [-0.25, -0.2) is 9.78 Å². The first-order valence-electron chi connectivity index (χ1n) is 6.31. The highest BCUT2D eigenvalue weighted by Crippen LogP contribution is 2.25. The number of carbonyl (C=O) groups is 1. The molecular weight excluding hydrogens is 336 g/mol. The second kappa shape index (κ2) is 7.19. The predicted molar refractivity (Wildman–Crippen MR) is 83.4 cm³/mol. The first-order valence-corrected chi connectivity index (χ1v) is 7.10. The van der Waals surface area contributed by atoms with Crippen molar-refractivity contribution in [3.63, 3.8) is 0 Å². The molecule has 6 heteroatoms. The Hall–Kier alpha value is -1.92. The van der Waals surface area contributed by atoms with E-state index in [1.165, 1.54) is 6.07 Å². The van der Waals surface area contributed by atoms with Crippen molar-refractivity contribution in [1.29, 1.82) is 0 Å². The summed E-state index contributed by atoms with van der Waals surface area (Å²) >= 11 is 3.49. The third-order valence-electron chi connectivity index (χ3n) is 2.89. The van der Waals surface area contributed by atoms with E-state index in [0.717, 1.165) is 15.7 Å². The van der Waals surface area contributed by atoms with Gasteiger partial charge in [0.15, 0.2) is 0 Å². The molecule has 0 atom stereocenters. The van der Waals surface area contributed by atoms with Crippen LogP contribution in [0.4, 0.5) is 5.69 Å². The molecule has 0 unspecified atom stereocenters. The van der Waals surface area contributed by atoms with Crippen molar-refractivity contribution in [2.45, 2.75) is 13.2 Å². The third kappa shape index (κ3) is 4.03. The maximum Gasteiger partial charge on any atom is 0.354 e. The molecule has 2 rings (SSSR count). The van der Waals surface area contributed by atoms with Crippen molar-refractivity contribution in [1.82, 2.24) is 4.98 Å². The largest absolute Gasteiger partial charge is 0.477 e. The van der Waals surface area contributed by atoms with Gasteiger partial charge < -0.3 is 15.2 Å². The molecule has 21 heavy (non-hydrogen) atoms. The molecule has 0 aliphatic heterocycles. The van der Waals surface area contributed by atoms with Crippen LogP contribution in [-0.2, 0) is 17.9 Å². The minimum absolute atomic E-state index is 0.0423. The molecule has 0 aliphatic carbocycles. The van der Waals surface area contributed by atoms with Gasteiger partial charge in [-0.1, -0.05) is 28.1 Å². The van der Waals surface area contributed by atoms with E-state index in [9.17, 15) is 4.79 Å². The molecule has 1 heterocycles. The number of carboxylic acids is 1. The standard InChI is InChI=1S/C15H15BrN2O3/c1-21-9-11-12(16)5-3-6-13(11)17-8-10-4-2-7-14(18-10)15(19)20/h2-7,17H,8-9H2,1H3,(H,19,20). The topological polar surface area (TPSA) is 71.5 Å². The molecular formula is C15H15BrN2O3. The van der Waals surface area contributed by atoms with Crippen molar-refractivity contribution in [3.05, 3.63) is 57.8 Å². The minimum atomic E-state index is -1.03. The monoisotopic (exact) mass is 350 g/mol.